The van der Waals surface area contributed by atoms with Gasteiger partial charge in [0, 0.05) is 0 Å². The van der Waals surface area contributed by atoms with E-state index in [1.165, 1.54) is 0 Å². The fourth-order valence-corrected chi connectivity index (χ4v) is 13.1. The van der Waals surface area contributed by atoms with Gasteiger partial charge < -0.3 is 9.16 Å². The molecule has 0 radical (unpaired) electrons. The first-order chi connectivity index (χ1) is 14.5. The molecular weight excluding hydrogens is 424 g/mol. The number of rotatable bonds is 9. The van der Waals surface area contributed by atoms with Gasteiger partial charge in [-0.15, -0.1) is 0 Å². The molecule has 170 valence electrons. The molecular formula is C25H36O4SSi. The Labute approximate surface area is 189 Å². The van der Waals surface area contributed by atoms with Crippen molar-refractivity contribution in [1.82, 2.24) is 0 Å². The molecule has 0 aromatic heterocycles. The summed E-state index contributed by atoms with van der Waals surface area (Å²) in [5.74, 6) is 0. The van der Waals surface area contributed by atoms with Crippen LogP contribution in [0.4, 0.5) is 0 Å². The molecule has 1 aliphatic heterocycles. The first kappa shape index (κ1) is 24.2. The second-order valence-corrected chi connectivity index (χ2v) is 17.0. The second kappa shape index (κ2) is 8.81. The van der Waals surface area contributed by atoms with Gasteiger partial charge in [0.2, 0.25) is 23.1 Å². The average Bonchev–Trinajstić information content (AvgIpc) is 3.50. The van der Waals surface area contributed by atoms with E-state index in [-0.39, 0.29) is 4.90 Å². The summed E-state index contributed by atoms with van der Waals surface area (Å²) in [5.41, 5.74) is 1.91. The molecule has 0 N–H and O–H groups in total. The Bertz CT molecular complexity index is 951. The van der Waals surface area contributed by atoms with E-state index in [0.717, 1.165) is 5.56 Å². The van der Waals surface area contributed by atoms with Crippen LogP contribution in [-0.2, 0) is 19.0 Å². The summed E-state index contributed by atoms with van der Waals surface area (Å²) < 4.78 is 41.0. The smallest absolute Gasteiger partial charge is 0.229 e. The minimum absolute atomic E-state index is 0.273. The van der Waals surface area contributed by atoms with Crippen LogP contribution in [0.15, 0.2) is 65.6 Å². The molecule has 6 heteroatoms. The summed E-state index contributed by atoms with van der Waals surface area (Å²) in [7, 11) is -6.11. The highest BCUT2D eigenvalue weighted by Crippen LogP contribution is 2.59. The zero-order valence-corrected chi connectivity index (χ0v) is 21.5. The Balaban J connectivity index is 2.10. The monoisotopic (exact) mass is 460 g/mol. The molecule has 0 unspecified atom stereocenters. The third-order valence-corrected chi connectivity index (χ3v) is 15.4. The van der Waals surface area contributed by atoms with Crippen molar-refractivity contribution in [2.75, 3.05) is 0 Å². The average molecular weight is 461 g/mol. The van der Waals surface area contributed by atoms with Crippen LogP contribution in [0.25, 0.3) is 0 Å². The maximum atomic E-state index is 13.9. The number of epoxide rings is 1. The van der Waals surface area contributed by atoms with Gasteiger partial charge in [0.25, 0.3) is 0 Å². The van der Waals surface area contributed by atoms with Gasteiger partial charge in [0.1, 0.15) is 6.10 Å². The summed E-state index contributed by atoms with van der Waals surface area (Å²) in [5, 5.41) is 0. The van der Waals surface area contributed by atoms with Crippen molar-refractivity contribution >= 4 is 18.2 Å². The van der Waals surface area contributed by atoms with Crippen LogP contribution in [-0.4, -0.2) is 27.8 Å². The molecule has 0 bridgehead atoms. The van der Waals surface area contributed by atoms with Crippen molar-refractivity contribution in [3.63, 3.8) is 0 Å². The number of ether oxygens (including phenoxy) is 1. The van der Waals surface area contributed by atoms with Gasteiger partial charge in [-0.3, -0.25) is 0 Å². The molecule has 1 saturated heterocycles. The fraction of sp³-hybridized carbons (Fsp3) is 0.520. The Morgan fingerprint density at radius 2 is 1.26 bits per heavy atom. The van der Waals surface area contributed by atoms with E-state index in [1.807, 2.05) is 43.3 Å². The predicted molar refractivity (Wildman–Crippen MR) is 128 cm³/mol. The van der Waals surface area contributed by atoms with Crippen LogP contribution in [0.5, 0.6) is 0 Å². The minimum atomic E-state index is -3.80. The maximum absolute atomic E-state index is 13.9. The molecule has 0 saturated carbocycles. The summed E-state index contributed by atoms with van der Waals surface area (Å²) in [6, 6.07) is 18.2. The van der Waals surface area contributed by atoms with E-state index >= 15 is 0 Å². The first-order valence-corrected chi connectivity index (χ1v) is 14.8. The molecule has 0 aliphatic carbocycles. The lowest BCUT2D eigenvalue weighted by molar-refractivity contribution is 0.133. The van der Waals surface area contributed by atoms with Crippen LogP contribution in [0, 0.1) is 0 Å². The van der Waals surface area contributed by atoms with E-state index < -0.39 is 35.3 Å². The number of benzene rings is 2. The molecule has 1 aliphatic rings. The molecule has 31 heavy (non-hydrogen) atoms. The summed E-state index contributed by atoms with van der Waals surface area (Å²) in [4.78, 5) is -1.15. The third-order valence-electron chi connectivity index (χ3n) is 6.84. The highest BCUT2D eigenvalue weighted by molar-refractivity contribution is 7.93. The van der Waals surface area contributed by atoms with Crippen LogP contribution in [0.1, 0.15) is 60.1 Å². The third kappa shape index (κ3) is 3.92. The van der Waals surface area contributed by atoms with E-state index in [2.05, 4.69) is 41.5 Å². The number of sulfone groups is 1. The van der Waals surface area contributed by atoms with Crippen LogP contribution in [0.3, 0.4) is 0 Å². The van der Waals surface area contributed by atoms with E-state index in [0.29, 0.717) is 16.6 Å². The van der Waals surface area contributed by atoms with Gasteiger partial charge in [-0.25, -0.2) is 8.42 Å². The second-order valence-electron chi connectivity index (χ2n) is 9.52. The zero-order chi connectivity index (χ0) is 23.0. The number of hydrogen-bond donors (Lipinski definition) is 0. The number of hydrogen-bond acceptors (Lipinski definition) is 4. The molecule has 1 heterocycles. The summed E-state index contributed by atoms with van der Waals surface area (Å²) in [6.45, 7) is 15.1. The topological polar surface area (TPSA) is 55.9 Å². The van der Waals surface area contributed by atoms with Crippen molar-refractivity contribution in [2.45, 2.75) is 87.1 Å². The van der Waals surface area contributed by atoms with Gasteiger partial charge in [0.05, 0.1) is 11.0 Å². The van der Waals surface area contributed by atoms with Crippen molar-refractivity contribution in [3.05, 3.63) is 66.2 Å². The highest BCUT2D eigenvalue weighted by atomic mass is 32.2. The van der Waals surface area contributed by atoms with Crippen molar-refractivity contribution in [2.24, 2.45) is 0 Å². The fourth-order valence-electron chi connectivity index (χ4n) is 5.39. The predicted octanol–water partition coefficient (Wildman–Crippen LogP) is 6.51. The lowest BCUT2D eigenvalue weighted by Gasteiger charge is -2.45. The molecule has 2 aromatic carbocycles. The standard InChI is InChI=1S/C25H36O4SSi/c1-18(2)31(19(3)4,20(5)6)29-21(7)25(24(28-25)22-14-10-8-11-15-22)30(26,27)23-16-12-9-13-17-23/h8-21,24H,1-7H3/t21-,24+,25+/m0/s1. The molecule has 2 aromatic rings. The van der Waals surface area contributed by atoms with Crippen molar-refractivity contribution in [3.8, 4) is 0 Å². The Hall–Kier alpha value is -1.47. The molecule has 1 fully saturated rings. The van der Waals surface area contributed by atoms with Crippen LogP contribution in [0.2, 0.25) is 16.6 Å². The van der Waals surface area contributed by atoms with Crippen LogP contribution >= 0.6 is 0 Å². The van der Waals surface area contributed by atoms with E-state index in [4.69, 9.17) is 9.16 Å². The van der Waals surface area contributed by atoms with Crippen LogP contribution < -0.4 is 0 Å². The van der Waals surface area contributed by atoms with Gasteiger partial charge in [0.15, 0.2) is 0 Å². The zero-order valence-electron chi connectivity index (χ0n) is 19.7. The van der Waals surface area contributed by atoms with E-state index in [9.17, 15) is 8.42 Å². The van der Waals surface area contributed by atoms with Gasteiger partial charge in [-0.05, 0) is 41.2 Å². The molecule has 0 amide bonds. The summed E-state index contributed by atoms with van der Waals surface area (Å²) >= 11 is 0. The Kier molecular flexibility index (Phi) is 6.87. The molecule has 4 nitrogen and oxygen atoms in total. The van der Waals surface area contributed by atoms with Crippen molar-refractivity contribution in [1.29, 1.82) is 0 Å². The lowest BCUT2D eigenvalue weighted by atomic mass is 10.1. The normalized spacial score (nSPS) is 22.8. The van der Waals surface area contributed by atoms with Crippen molar-refractivity contribution < 1.29 is 17.6 Å². The van der Waals surface area contributed by atoms with Gasteiger partial charge in [-0.1, -0.05) is 90.1 Å². The largest absolute Gasteiger partial charge is 0.409 e. The highest BCUT2D eigenvalue weighted by Gasteiger charge is 2.71. The molecule has 3 rings (SSSR count). The van der Waals surface area contributed by atoms with Gasteiger partial charge >= 0.3 is 0 Å². The summed E-state index contributed by atoms with van der Waals surface area (Å²) in [6.07, 6.45) is -1.14. The SMILES string of the molecule is CC(C)[Si](O[C@@H](C)[C@]1(S(=O)(=O)c2ccccc2)O[C@@H]1c1ccccc1)(C(C)C)C(C)C. The van der Waals surface area contributed by atoms with Gasteiger partial charge in [-0.2, -0.15) is 0 Å². The van der Waals surface area contributed by atoms with E-state index in [1.54, 1.807) is 24.3 Å². The molecule has 3 atom stereocenters. The quantitative estimate of drug-likeness (QED) is 0.316. The molecule has 0 spiro atoms. The minimum Gasteiger partial charge on any atom is -0.409 e. The maximum Gasteiger partial charge on any atom is 0.229 e. The first-order valence-electron chi connectivity index (χ1n) is 11.2. The Morgan fingerprint density at radius 1 is 0.806 bits per heavy atom. The Morgan fingerprint density at radius 3 is 1.71 bits per heavy atom. The lowest BCUT2D eigenvalue weighted by Crippen LogP contribution is -2.53.